The van der Waals surface area contributed by atoms with Gasteiger partial charge in [0, 0.05) is 5.92 Å². The number of hydrogen-bond donors (Lipinski definition) is 2. The maximum atomic E-state index is 12.9. The number of piperidine rings is 1. The van der Waals surface area contributed by atoms with Gasteiger partial charge in [-0.1, -0.05) is 44.0 Å². The van der Waals surface area contributed by atoms with Gasteiger partial charge in [0.15, 0.2) is 0 Å². The van der Waals surface area contributed by atoms with E-state index in [0.717, 1.165) is 31.8 Å². The molecule has 1 saturated heterocycles. The molecule has 3 heteroatoms. The lowest BCUT2D eigenvalue weighted by atomic mass is 9.76. The summed E-state index contributed by atoms with van der Waals surface area (Å²) in [5.41, 5.74) is 2.62. The zero-order valence-corrected chi connectivity index (χ0v) is 15.2. The molecule has 3 atom stereocenters. The smallest absolute Gasteiger partial charge is 0.223 e. The van der Waals surface area contributed by atoms with E-state index in [1.165, 1.54) is 36.8 Å². The molecule has 2 fully saturated rings. The first-order valence-corrected chi connectivity index (χ1v) is 9.71. The van der Waals surface area contributed by atoms with Crippen molar-refractivity contribution >= 4 is 5.91 Å². The monoisotopic (exact) mass is 328 g/mol. The van der Waals surface area contributed by atoms with Crippen molar-refractivity contribution in [3.8, 4) is 0 Å². The second-order valence-corrected chi connectivity index (χ2v) is 7.90. The SMILES string of the molecule is Cc1ccccc1C(NC(=O)C1CCNCC1)C1CCCC(C)C1. The van der Waals surface area contributed by atoms with Gasteiger partial charge in [0.05, 0.1) is 6.04 Å². The van der Waals surface area contributed by atoms with E-state index in [-0.39, 0.29) is 17.9 Å². The Hall–Kier alpha value is -1.35. The van der Waals surface area contributed by atoms with E-state index < -0.39 is 0 Å². The molecule has 2 aliphatic rings. The van der Waals surface area contributed by atoms with Gasteiger partial charge in [-0.2, -0.15) is 0 Å². The first-order valence-electron chi connectivity index (χ1n) is 9.71. The molecule has 1 aromatic carbocycles. The topological polar surface area (TPSA) is 41.1 Å². The van der Waals surface area contributed by atoms with E-state index in [9.17, 15) is 4.79 Å². The minimum absolute atomic E-state index is 0.177. The number of hydrogen-bond acceptors (Lipinski definition) is 2. The van der Waals surface area contributed by atoms with E-state index in [2.05, 4.69) is 48.7 Å². The van der Waals surface area contributed by atoms with E-state index in [1.807, 2.05) is 0 Å². The van der Waals surface area contributed by atoms with Crippen molar-refractivity contribution < 1.29 is 4.79 Å². The third kappa shape index (κ3) is 4.18. The Balaban J connectivity index is 1.79. The summed E-state index contributed by atoms with van der Waals surface area (Å²) in [6, 6.07) is 8.76. The standard InChI is InChI=1S/C21H32N2O/c1-15-6-5-8-18(14-15)20(19-9-4-3-7-16(19)2)23-21(24)17-10-12-22-13-11-17/h3-4,7,9,15,17-18,20,22H,5-6,8,10-14H2,1-2H3,(H,23,24). The minimum atomic E-state index is 0.177. The zero-order valence-electron chi connectivity index (χ0n) is 15.2. The predicted octanol–water partition coefficient (Wildman–Crippen LogP) is 3.98. The molecule has 3 unspecified atom stereocenters. The van der Waals surface area contributed by atoms with Gasteiger partial charge in [-0.3, -0.25) is 4.79 Å². The van der Waals surface area contributed by atoms with Crippen LogP contribution in [0.1, 0.15) is 62.6 Å². The van der Waals surface area contributed by atoms with Crippen LogP contribution in [0.3, 0.4) is 0 Å². The summed E-state index contributed by atoms with van der Waals surface area (Å²) >= 11 is 0. The molecule has 2 N–H and O–H groups in total. The first kappa shape index (κ1) is 17.5. The molecule has 24 heavy (non-hydrogen) atoms. The van der Waals surface area contributed by atoms with Gasteiger partial charge >= 0.3 is 0 Å². The summed E-state index contributed by atoms with van der Waals surface area (Å²) in [4.78, 5) is 12.9. The van der Waals surface area contributed by atoms with E-state index in [0.29, 0.717) is 5.92 Å². The van der Waals surface area contributed by atoms with Crippen LogP contribution in [0, 0.1) is 24.7 Å². The maximum absolute atomic E-state index is 12.9. The van der Waals surface area contributed by atoms with E-state index >= 15 is 0 Å². The second-order valence-electron chi connectivity index (χ2n) is 7.90. The van der Waals surface area contributed by atoms with E-state index in [1.54, 1.807) is 0 Å². The van der Waals surface area contributed by atoms with Crippen molar-refractivity contribution in [2.24, 2.45) is 17.8 Å². The summed E-state index contributed by atoms with van der Waals surface area (Å²) in [7, 11) is 0. The lowest BCUT2D eigenvalue weighted by Crippen LogP contribution is -2.42. The molecule has 0 spiro atoms. The Morgan fingerprint density at radius 3 is 2.62 bits per heavy atom. The summed E-state index contributed by atoms with van der Waals surface area (Å²) in [5, 5.41) is 6.82. The van der Waals surface area contributed by atoms with Crippen LogP contribution in [-0.4, -0.2) is 19.0 Å². The van der Waals surface area contributed by atoms with Crippen LogP contribution in [0.4, 0.5) is 0 Å². The summed E-state index contributed by atoms with van der Waals surface area (Å²) in [6.45, 7) is 6.46. The Bertz CT molecular complexity index is 551. The van der Waals surface area contributed by atoms with Gasteiger partial charge in [0.25, 0.3) is 0 Å². The van der Waals surface area contributed by atoms with Crippen molar-refractivity contribution in [3.63, 3.8) is 0 Å². The Morgan fingerprint density at radius 1 is 1.17 bits per heavy atom. The van der Waals surface area contributed by atoms with Gasteiger partial charge in [0.1, 0.15) is 0 Å². The fourth-order valence-corrected chi connectivity index (χ4v) is 4.52. The number of carbonyl (C=O) groups excluding carboxylic acids is 1. The summed E-state index contributed by atoms with van der Waals surface area (Å²) < 4.78 is 0. The predicted molar refractivity (Wildman–Crippen MR) is 98.8 cm³/mol. The molecule has 0 radical (unpaired) electrons. The van der Waals surface area contributed by atoms with Crippen molar-refractivity contribution in [2.45, 2.75) is 58.4 Å². The highest BCUT2D eigenvalue weighted by Gasteiger charge is 2.31. The second kappa shape index (κ2) is 8.15. The molecule has 1 saturated carbocycles. The Labute approximate surface area is 146 Å². The molecule has 1 aliphatic heterocycles. The average molecular weight is 329 g/mol. The Morgan fingerprint density at radius 2 is 1.92 bits per heavy atom. The van der Waals surface area contributed by atoms with Gasteiger partial charge in [-0.15, -0.1) is 0 Å². The zero-order chi connectivity index (χ0) is 16.9. The molecule has 0 aromatic heterocycles. The molecule has 1 amide bonds. The van der Waals surface area contributed by atoms with Crippen molar-refractivity contribution in [1.29, 1.82) is 0 Å². The van der Waals surface area contributed by atoms with Crippen LogP contribution < -0.4 is 10.6 Å². The van der Waals surface area contributed by atoms with Crippen LogP contribution in [0.25, 0.3) is 0 Å². The number of aryl methyl sites for hydroxylation is 1. The summed E-state index contributed by atoms with van der Waals surface area (Å²) in [5.74, 6) is 1.79. The third-order valence-corrected chi connectivity index (χ3v) is 5.98. The quantitative estimate of drug-likeness (QED) is 0.878. The normalized spacial score (nSPS) is 26.8. The number of benzene rings is 1. The molecule has 1 aromatic rings. The molecule has 132 valence electrons. The van der Waals surface area contributed by atoms with Crippen LogP contribution >= 0.6 is 0 Å². The van der Waals surface area contributed by atoms with Crippen molar-refractivity contribution in [2.75, 3.05) is 13.1 Å². The number of amides is 1. The van der Waals surface area contributed by atoms with Crippen molar-refractivity contribution in [3.05, 3.63) is 35.4 Å². The highest BCUT2D eigenvalue weighted by Crippen LogP contribution is 2.38. The lowest BCUT2D eigenvalue weighted by Gasteiger charge is -2.36. The van der Waals surface area contributed by atoms with Crippen LogP contribution in [0.15, 0.2) is 24.3 Å². The molecular formula is C21H32N2O. The molecule has 3 nitrogen and oxygen atoms in total. The lowest BCUT2D eigenvalue weighted by molar-refractivity contribution is -0.127. The Kier molecular flexibility index (Phi) is 5.94. The molecule has 1 heterocycles. The van der Waals surface area contributed by atoms with Crippen LogP contribution in [-0.2, 0) is 4.79 Å². The average Bonchev–Trinajstić information content (AvgIpc) is 2.61. The van der Waals surface area contributed by atoms with Gasteiger partial charge < -0.3 is 10.6 Å². The number of rotatable bonds is 4. The van der Waals surface area contributed by atoms with Gasteiger partial charge in [0.2, 0.25) is 5.91 Å². The third-order valence-electron chi connectivity index (χ3n) is 5.98. The summed E-state index contributed by atoms with van der Waals surface area (Å²) in [6.07, 6.45) is 7.01. The highest BCUT2D eigenvalue weighted by molar-refractivity contribution is 5.79. The highest BCUT2D eigenvalue weighted by atomic mass is 16.1. The largest absolute Gasteiger partial charge is 0.349 e. The molecule has 1 aliphatic carbocycles. The molecular weight excluding hydrogens is 296 g/mol. The maximum Gasteiger partial charge on any atom is 0.223 e. The number of nitrogens with one attached hydrogen (secondary N) is 2. The minimum Gasteiger partial charge on any atom is -0.349 e. The fraction of sp³-hybridized carbons (Fsp3) is 0.667. The van der Waals surface area contributed by atoms with Crippen molar-refractivity contribution in [1.82, 2.24) is 10.6 Å². The molecule has 3 rings (SSSR count). The van der Waals surface area contributed by atoms with Crippen LogP contribution in [0.5, 0.6) is 0 Å². The van der Waals surface area contributed by atoms with E-state index in [4.69, 9.17) is 0 Å². The molecule has 0 bridgehead atoms. The number of carbonyl (C=O) groups is 1. The first-order chi connectivity index (χ1) is 11.6. The van der Waals surface area contributed by atoms with Gasteiger partial charge in [-0.25, -0.2) is 0 Å². The van der Waals surface area contributed by atoms with Crippen LogP contribution in [0.2, 0.25) is 0 Å². The fourth-order valence-electron chi connectivity index (χ4n) is 4.52. The van der Waals surface area contributed by atoms with Gasteiger partial charge in [-0.05, 0) is 68.7 Å².